The van der Waals surface area contributed by atoms with Crippen LogP contribution in [0, 0.1) is 0 Å². The first-order chi connectivity index (χ1) is 7.42. The summed E-state index contributed by atoms with van der Waals surface area (Å²) in [4.78, 5) is 15.3. The Labute approximate surface area is 97.0 Å². The van der Waals surface area contributed by atoms with Crippen LogP contribution in [0.3, 0.4) is 0 Å². The zero-order valence-electron chi connectivity index (χ0n) is 10.4. The fourth-order valence-corrected chi connectivity index (χ4v) is 1.85. The molecule has 0 saturated carbocycles. The van der Waals surface area contributed by atoms with Gasteiger partial charge in [-0.05, 0) is 20.8 Å². The Morgan fingerprint density at radius 2 is 1.88 bits per heavy atom. The molecule has 1 N–H and O–H groups in total. The van der Waals surface area contributed by atoms with Gasteiger partial charge in [0.1, 0.15) is 0 Å². The summed E-state index contributed by atoms with van der Waals surface area (Å²) in [7, 11) is 0. The lowest BCUT2D eigenvalue weighted by Gasteiger charge is -2.36. The number of rotatable bonds is 3. The highest BCUT2D eigenvalue weighted by molar-refractivity contribution is 5.67. The maximum atomic E-state index is 11.4. The number of carbonyl (C=O) groups excluding carboxylic acids is 1. The second kappa shape index (κ2) is 5.50. The topological polar surface area (TPSA) is 53.0 Å². The van der Waals surface area contributed by atoms with E-state index in [0.29, 0.717) is 26.2 Å². The van der Waals surface area contributed by atoms with Gasteiger partial charge in [0.05, 0.1) is 12.2 Å². The molecule has 0 spiro atoms. The van der Waals surface area contributed by atoms with E-state index in [1.165, 1.54) is 0 Å². The minimum absolute atomic E-state index is 0.231. The smallest absolute Gasteiger partial charge is 0.409 e. The monoisotopic (exact) mass is 230 g/mol. The molecule has 94 valence electrons. The van der Waals surface area contributed by atoms with Crippen molar-refractivity contribution in [1.82, 2.24) is 9.80 Å². The number of hydrogen-bond donors (Lipinski definition) is 1. The lowest BCUT2D eigenvalue weighted by Crippen LogP contribution is -2.52. The average Bonchev–Trinajstić information content (AvgIpc) is 2.16. The Balaban J connectivity index is 2.31. The van der Waals surface area contributed by atoms with Crippen molar-refractivity contribution >= 4 is 6.09 Å². The number of amides is 1. The summed E-state index contributed by atoms with van der Waals surface area (Å²) in [6, 6.07) is 0. The average molecular weight is 230 g/mol. The van der Waals surface area contributed by atoms with Crippen LogP contribution in [0.2, 0.25) is 0 Å². The molecule has 1 rings (SSSR count). The number of nitrogens with zero attached hydrogens (tertiary/aromatic N) is 2. The Kier molecular flexibility index (Phi) is 4.56. The maximum absolute atomic E-state index is 11.4. The van der Waals surface area contributed by atoms with Gasteiger partial charge in [0.15, 0.2) is 0 Å². The van der Waals surface area contributed by atoms with Gasteiger partial charge in [-0.1, -0.05) is 0 Å². The van der Waals surface area contributed by atoms with Gasteiger partial charge in [0.2, 0.25) is 0 Å². The van der Waals surface area contributed by atoms with E-state index in [0.717, 1.165) is 13.1 Å². The Bertz CT molecular complexity index is 230. The minimum atomic E-state index is -0.675. The van der Waals surface area contributed by atoms with Crippen molar-refractivity contribution in [2.45, 2.75) is 26.4 Å². The molecule has 0 unspecified atom stereocenters. The second-order valence-corrected chi connectivity index (χ2v) is 4.77. The third kappa shape index (κ3) is 4.37. The SMILES string of the molecule is CCOC(=O)N1CCN(CC(C)(C)O)CC1. The minimum Gasteiger partial charge on any atom is -0.450 e. The maximum Gasteiger partial charge on any atom is 0.409 e. The molecule has 1 heterocycles. The van der Waals surface area contributed by atoms with Gasteiger partial charge >= 0.3 is 6.09 Å². The summed E-state index contributed by atoms with van der Waals surface area (Å²) < 4.78 is 4.94. The Morgan fingerprint density at radius 3 is 2.31 bits per heavy atom. The molecular weight excluding hydrogens is 208 g/mol. The first-order valence-electron chi connectivity index (χ1n) is 5.79. The zero-order chi connectivity index (χ0) is 12.2. The number of hydrogen-bond acceptors (Lipinski definition) is 4. The third-order valence-corrected chi connectivity index (χ3v) is 2.51. The van der Waals surface area contributed by atoms with E-state index in [2.05, 4.69) is 4.90 Å². The fourth-order valence-electron chi connectivity index (χ4n) is 1.85. The quantitative estimate of drug-likeness (QED) is 0.768. The lowest BCUT2D eigenvalue weighted by atomic mass is 10.1. The van der Waals surface area contributed by atoms with Gasteiger partial charge in [-0.3, -0.25) is 4.90 Å². The number of carbonyl (C=O) groups is 1. The molecule has 1 aliphatic rings. The van der Waals surface area contributed by atoms with Gasteiger partial charge in [-0.25, -0.2) is 4.79 Å². The van der Waals surface area contributed by atoms with Gasteiger partial charge < -0.3 is 14.7 Å². The van der Waals surface area contributed by atoms with Crippen molar-refractivity contribution in [1.29, 1.82) is 0 Å². The predicted octanol–water partition coefficient (Wildman–Crippen LogP) is 0.531. The normalized spacial score (nSPS) is 18.6. The van der Waals surface area contributed by atoms with E-state index in [9.17, 15) is 9.90 Å². The van der Waals surface area contributed by atoms with Crippen molar-refractivity contribution < 1.29 is 14.6 Å². The molecule has 0 aromatic heterocycles. The number of β-amino-alcohol motifs (C(OH)–C–C–N with tert-alkyl or cyclic N) is 1. The molecule has 1 aliphatic heterocycles. The predicted molar refractivity (Wildman–Crippen MR) is 61.3 cm³/mol. The van der Waals surface area contributed by atoms with Crippen LogP contribution in [0.15, 0.2) is 0 Å². The van der Waals surface area contributed by atoms with Crippen molar-refractivity contribution in [3.8, 4) is 0 Å². The van der Waals surface area contributed by atoms with Crippen LogP contribution in [-0.2, 0) is 4.74 Å². The lowest BCUT2D eigenvalue weighted by molar-refractivity contribution is 0.0165. The summed E-state index contributed by atoms with van der Waals surface area (Å²) in [6.07, 6.45) is -0.231. The van der Waals surface area contributed by atoms with Gasteiger partial charge in [0, 0.05) is 32.7 Å². The van der Waals surface area contributed by atoms with Crippen LogP contribution in [0.25, 0.3) is 0 Å². The van der Waals surface area contributed by atoms with Crippen LogP contribution >= 0.6 is 0 Å². The van der Waals surface area contributed by atoms with Crippen LogP contribution in [0.1, 0.15) is 20.8 Å². The molecule has 0 aromatic carbocycles. The molecule has 0 aliphatic carbocycles. The van der Waals surface area contributed by atoms with Gasteiger partial charge in [-0.15, -0.1) is 0 Å². The Morgan fingerprint density at radius 1 is 1.31 bits per heavy atom. The summed E-state index contributed by atoms with van der Waals surface area (Å²) in [5.74, 6) is 0. The standard InChI is InChI=1S/C11H22N2O3/c1-4-16-10(14)13-7-5-12(6-8-13)9-11(2,3)15/h15H,4-9H2,1-3H3. The molecule has 1 fully saturated rings. The van der Waals surface area contributed by atoms with E-state index in [4.69, 9.17) is 4.74 Å². The highest BCUT2D eigenvalue weighted by Crippen LogP contribution is 2.09. The molecule has 0 radical (unpaired) electrons. The molecule has 0 bridgehead atoms. The molecule has 1 saturated heterocycles. The van der Waals surface area contributed by atoms with E-state index in [-0.39, 0.29) is 6.09 Å². The second-order valence-electron chi connectivity index (χ2n) is 4.77. The number of ether oxygens (including phenoxy) is 1. The molecule has 5 heteroatoms. The van der Waals surface area contributed by atoms with E-state index in [1.54, 1.807) is 18.7 Å². The van der Waals surface area contributed by atoms with Crippen molar-refractivity contribution in [2.24, 2.45) is 0 Å². The molecule has 5 nitrogen and oxygen atoms in total. The molecule has 0 aromatic rings. The van der Waals surface area contributed by atoms with Crippen molar-refractivity contribution in [2.75, 3.05) is 39.3 Å². The van der Waals surface area contributed by atoms with Crippen LogP contribution in [0.5, 0.6) is 0 Å². The summed E-state index contributed by atoms with van der Waals surface area (Å²) in [6.45, 7) is 9.40. The highest BCUT2D eigenvalue weighted by atomic mass is 16.6. The van der Waals surface area contributed by atoms with E-state index >= 15 is 0 Å². The van der Waals surface area contributed by atoms with Crippen LogP contribution in [0.4, 0.5) is 4.79 Å². The van der Waals surface area contributed by atoms with Gasteiger partial charge in [0.25, 0.3) is 0 Å². The molecule has 0 atom stereocenters. The van der Waals surface area contributed by atoms with Crippen molar-refractivity contribution in [3.63, 3.8) is 0 Å². The molecule has 16 heavy (non-hydrogen) atoms. The third-order valence-electron chi connectivity index (χ3n) is 2.51. The van der Waals surface area contributed by atoms with Gasteiger partial charge in [-0.2, -0.15) is 0 Å². The highest BCUT2D eigenvalue weighted by Gasteiger charge is 2.25. The Hall–Kier alpha value is -0.810. The molecule has 1 amide bonds. The van der Waals surface area contributed by atoms with Crippen molar-refractivity contribution in [3.05, 3.63) is 0 Å². The summed E-state index contributed by atoms with van der Waals surface area (Å²) in [5.41, 5.74) is -0.675. The fraction of sp³-hybridized carbons (Fsp3) is 0.909. The van der Waals surface area contributed by atoms with Crippen LogP contribution in [-0.4, -0.2) is 65.9 Å². The van der Waals surface area contributed by atoms with E-state index < -0.39 is 5.60 Å². The zero-order valence-corrected chi connectivity index (χ0v) is 10.4. The molecular formula is C11H22N2O3. The summed E-state index contributed by atoms with van der Waals surface area (Å²) in [5, 5.41) is 9.68. The van der Waals surface area contributed by atoms with Crippen LogP contribution < -0.4 is 0 Å². The number of aliphatic hydroxyl groups is 1. The first kappa shape index (κ1) is 13.3. The first-order valence-corrected chi connectivity index (χ1v) is 5.79. The largest absolute Gasteiger partial charge is 0.450 e. The summed E-state index contributed by atoms with van der Waals surface area (Å²) >= 11 is 0. The van der Waals surface area contributed by atoms with E-state index in [1.807, 2.05) is 6.92 Å². The number of piperazine rings is 1.